The number of pyridine rings is 1. The molecule has 7 rings (SSSR count). The number of dihydropyridines is 1. The van der Waals surface area contributed by atoms with Crippen LogP contribution in [0, 0.1) is 0 Å². The molecule has 0 radical (unpaired) electrons. The van der Waals surface area contributed by atoms with Gasteiger partial charge in [-0.3, -0.25) is 4.40 Å². The highest BCUT2D eigenvalue weighted by atomic mass is 15.1. The number of rotatable bonds is 3. The average molecular weight is 452 g/mol. The van der Waals surface area contributed by atoms with E-state index < -0.39 is 0 Å². The van der Waals surface area contributed by atoms with Gasteiger partial charge < -0.3 is 5.32 Å². The maximum atomic E-state index is 5.16. The van der Waals surface area contributed by atoms with Crippen molar-refractivity contribution in [1.29, 1.82) is 0 Å². The molecule has 0 atom stereocenters. The molecule has 0 saturated carbocycles. The van der Waals surface area contributed by atoms with Gasteiger partial charge in [0, 0.05) is 23.1 Å². The third kappa shape index (κ3) is 3.28. The molecule has 6 aromatic rings. The first kappa shape index (κ1) is 19.7. The lowest BCUT2D eigenvalue weighted by Crippen LogP contribution is -2.15. The van der Waals surface area contributed by atoms with Crippen LogP contribution in [0.3, 0.4) is 0 Å². The zero-order chi connectivity index (χ0) is 23.2. The zero-order valence-corrected chi connectivity index (χ0v) is 18.9. The van der Waals surface area contributed by atoms with Crippen LogP contribution in [0.5, 0.6) is 0 Å². The van der Waals surface area contributed by atoms with Gasteiger partial charge in [-0.1, -0.05) is 66.7 Å². The molecule has 1 aliphatic heterocycles. The number of imidazole rings is 1. The lowest BCUT2D eigenvalue weighted by molar-refractivity contribution is 0.981. The van der Waals surface area contributed by atoms with Crippen molar-refractivity contribution in [3.8, 4) is 22.6 Å². The Bertz CT molecular complexity index is 1790. The smallest absolute Gasteiger partial charge is 0.149 e. The molecule has 166 valence electrons. The fourth-order valence-electron chi connectivity index (χ4n) is 4.73. The van der Waals surface area contributed by atoms with Gasteiger partial charge >= 0.3 is 0 Å². The van der Waals surface area contributed by atoms with Gasteiger partial charge in [-0.05, 0) is 42.5 Å². The second-order valence-corrected chi connectivity index (χ2v) is 8.59. The molecule has 1 aliphatic rings. The summed E-state index contributed by atoms with van der Waals surface area (Å²) in [5, 5.41) is 4.49. The van der Waals surface area contributed by atoms with Crippen molar-refractivity contribution in [3.63, 3.8) is 0 Å². The molecule has 1 N–H and O–H groups in total. The first-order valence-electron chi connectivity index (χ1n) is 11.7. The van der Waals surface area contributed by atoms with E-state index in [0.717, 1.165) is 68.2 Å². The number of benzene rings is 3. The number of hydrogen-bond acceptors (Lipinski definition) is 4. The summed E-state index contributed by atoms with van der Waals surface area (Å²) in [5.74, 6) is 0.847. The molecule has 0 fully saturated rings. The Morgan fingerprint density at radius 3 is 2.31 bits per heavy atom. The van der Waals surface area contributed by atoms with E-state index >= 15 is 0 Å². The number of nitrogens with zero attached hydrogens (tertiary/aromatic N) is 4. The monoisotopic (exact) mass is 451 g/mol. The van der Waals surface area contributed by atoms with Crippen molar-refractivity contribution in [2.75, 3.05) is 6.54 Å². The summed E-state index contributed by atoms with van der Waals surface area (Å²) in [5.41, 5.74) is 8.66. The van der Waals surface area contributed by atoms with E-state index in [1.165, 1.54) is 0 Å². The maximum Gasteiger partial charge on any atom is 0.149 e. The molecule has 3 aromatic carbocycles. The Morgan fingerprint density at radius 1 is 0.686 bits per heavy atom. The lowest BCUT2D eigenvalue weighted by atomic mass is 10.1. The highest BCUT2D eigenvalue weighted by Gasteiger charge is 2.18. The maximum absolute atomic E-state index is 5.16. The summed E-state index contributed by atoms with van der Waals surface area (Å²) >= 11 is 0. The highest BCUT2D eigenvalue weighted by Crippen LogP contribution is 2.32. The molecule has 4 heterocycles. The van der Waals surface area contributed by atoms with Crippen LogP contribution in [0.25, 0.3) is 55.9 Å². The SMILES string of the molecule is C1=CCNC(c2cc(-c3nc4ccccc4c4nc5ccccc5n34)cc(-c3ccccc3)n2)=C1. The van der Waals surface area contributed by atoms with Crippen LogP contribution in [0.15, 0.2) is 109 Å². The number of hydrogen-bond donors (Lipinski definition) is 1. The van der Waals surface area contributed by atoms with E-state index in [1.54, 1.807) is 0 Å². The molecule has 3 aromatic heterocycles. The van der Waals surface area contributed by atoms with Gasteiger partial charge in [0.05, 0.1) is 33.6 Å². The fourth-order valence-corrected chi connectivity index (χ4v) is 4.73. The molecule has 0 bridgehead atoms. The predicted octanol–water partition coefficient (Wildman–Crippen LogP) is 6.27. The van der Waals surface area contributed by atoms with Crippen LogP contribution >= 0.6 is 0 Å². The van der Waals surface area contributed by atoms with Gasteiger partial charge in [0.2, 0.25) is 0 Å². The molecule has 5 heteroatoms. The van der Waals surface area contributed by atoms with E-state index in [0.29, 0.717) is 0 Å². The second kappa shape index (κ2) is 7.92. The first-order chi connectivity index (χ1) is 17.3. The number of aromatic nitrogens is 4. The zero-order valence-electron chi connectivity index (χ0n) is 18.9. The average Bonchev–Trinajstić information content (AvgIpc) is 3.33. The molecule has 0 saturated heterocycles. The van der Waals surface area contributed by atoms with E-state index in [9.17, 15) is 0 Å². The highest BCUT2D eigenvalue weighted by molar-refractivity contribution is 5.98. The minimum atomic E-state index is 0.781. The van der Waals surface area contributed by atoms with Crippen molar-refractivity contribution in [3.05, 3.63) is 115 Å². The van der Waals surface area contributed by atoms with Crippen LogP contribution in [0.4, 0.5) is 0 Å². The summed E-state index contributed by atoms with van der Waals surface area (Å²) in [6, 6.07) is 31.0. The Kier molecular flexibility index (Phi) is 4.45. The number of allylic oxidation sites excluding steroid dienone is 2. The normalized spacial score (nSPS) is 13.3. The van der Waals surface area contributed by atoms with Gasteiger partial charge in [0.1, 0.15) is 11.5 Å². The minimum absolute atomic E-state index is 0.781. The van der Waals surface area contributed by atoms with E-state index in [1.807, 2.05) is 42.5 Å². The van der Waals surface area contributed by atoms with Gasteiger partial charge in [0.25, 0.3) is 0 Å². The Morgan fingerprint density at radius 2 is 1.46 bits per heavy atom. The third-order valence-corrected chi connectivity index (χ3v) is 6.38. The summed E-state index contributed by atoms with van der Waals surface area (Å²) in [6.45, 7) is 0.781. The van der Waals surface area contributed by atoms with E-state index in [2.05, 4.69) is 76.5 Å². The Labute approximate surface area is 202 Å². The Hall–Kier alpha value is -4.77. The number of nitrogens with one attached hydrogen (secondary N) is 1. The van der Waals surface area contributed by atoms with Gasteiger partial charge in [-0.15, -0.1) is 0 Å². The van der Waals surface area contributed by atoms with Gasteiger partial charge in [-0.25, -0.2) is 15.0 Å². The van der Waals surface area contributed by atoms with Crippen molar-refractivity contribution < 1.29 is 0 Å². The lowest BCUT2D eigenvalue weighted by Gasteiger charge is -2.16. The molecule has 0 unspecified atom stereocenters. The molecular formula is C30H21N5. The van der Waals surface area contributed by atoms with E-state index in [-0.39, 0.29) is 0 Å². The number of fused-ring (bicyclic) bond motifs is 5. The van der Waals surface area contributed by atoms with Crippen molar-refractivity contribution >= 4 is 33.3 Å². The van der Waals surface area contributed by atoms with Gasteiger partial charge in [-0.2, -0.15) is 0 Å². The summed E-state index contributed by atoms with van der Waals surface area (Å²) in [6.07, 6.45) is 6.23. The van der Waals surface area contributed by atoms with Crippen LogP contribution in [0.2, 0.25) is 0 Å². The fraction of sp³-hybridized carbons (Fsp3) is 0.0333. The third-order valence-electron chi connectivity index (χ3n) is 6.38. The minimum Gasteiger partial charge on any atom is -0.380 e. The molecule has 35 heavy (non-hydrogen) atoms. The summed E-state index contributed by atoms with van der Waals surface area (Å²) < 4.78 is 2.17. The van der Waals surface area contributed by atoms with Crippen LogP contribution in [-0.2, 0) is 0 Å². The molecule has 0 spiro atoms. The second-order valence-electron chi connectivity index (χ2n) is 8.59. The standard InChI is InChI=1S/C30H21N5/c1-2-10-20(11-3-1)26-18-21(19-27(32-26)24-14-8-9-17-31-24)29-33-23-13-5-4-12-22(23)30-34-25-15-6-7-16-28(25)35(29)30/h1-16,18-19,31H,17H2. The first-order valence-corrected chi connectivity index (χ1v) is 11.7. The largest absolute Gasteiger partial charge is 0.380 e. The van der Waals surface area contributed by atoms with Crippen molar-refractivity contribution in [2.24, 2.45) is 0 Å². The number of para-hydroxylation sites is 3. The summed E-state index contributed by atoms with van der Waals surface area (Å²) in [4.78, 5) is 15.2. The topological polar surface area (TPSA) is 55.1 Å². The molecule has 0 aliphatic carbocycles. The van der Waals surface area contributed by atoms with Crippen LogP contribution in [-0.4, -0.2) is 25.9 Å². The Balaban J connectivity index is 1.58. The molecule has 0 amide bonds. The van der Waals surface area contributed by atoms with Crippen LogP contribution < -0.4 is 5.32 Å². The predicted molar refractivity (Wildman–Crippen MR) is 142 cm³/mol. The van der Waals surface area contributed by atoms with Gasteiger partial charge in [0.15, 0.2) is 0 Å². The molecular weight excluding hydrogens is 430 g/mol. The van der Waals surface area contributed by atoms with Crippen LogP contribution in [0.1, 0.15) is 5.69 Å². The van der Waals surface area contributed by atoms with Crippen molar-refractivity contribution in [1.82, 2.24) is 24.7 Å². The van der Waals surface area contributed by atoms with E-state index in [4.69, 9.17) is 15.0 Å². The molecule has 5 nitrogen and oxygen atoms in total. The summed E-state index contributed by atoms with van der Waals surface area (Å²) in [7, 11) is 0. The van der Waals surface area contributed by atoms with Crippen molar-refractivity contribution in [2.45, 2.75) is 0 Å². The quantitative estimate of drug-likeness (QED) is 0.345.